The summed E-state index contributed by atoms with van der Waals surface area (Å²) in [6.45, 7) is 0. The lowest BCUT2D eigenvalue weighted by Crippen LogP contribution is -2.20. The van der Waals surface area contributed by atoms with E-state index in [4.69, 9.17) is 0 Å². The fourth-order valence-corrected chi connectivity index (χ4v) is 2.77. The minimum Gasteiger partial charge on any atom is -0.267 e. The first kappa shape index (κ1) is 21.1. The normalized spacial score (nSPS) is 11.3. The van der Waals surface area contributed by atoms with Crippen LogP contribution in [0.3, 0.4) is 0 Å². The molecule has 0 saturated heterocycles. The molecule has 0 aliphatic carbocycles. The van der Waals surface area contributed by atoms with Crippen LogP contribution in [0.1, 0.15) is 21.5 Å². The zero-order valence-electron chi connectivity index (χ0n) is 16.0. The van der Waals surface area contributed by atoms with E-state index < -0.39 is 15.8 Å². The molecule has 3 aromatic carbocycles. The molecule has 0 aliphatic heterocycles. The maximum atomic E-state index is 12.5. The molecule has 0 aliphatic rings. The fraction of sp³-hybridized carbons (Fsp3) is 0. The van der Waals surface area contributed by atoms with Crippen LogP contribution < -0.4 is 5.43 Å². The zero-order chi connectivity index (χ0) is 22.2. The number of nitro groups is 2. The van der Waals surface area contributed by atoms with Crippen LogP contribution in [0.25, 0.3) is 6.08 Å². The summed E-state index contributed by atoms with van der Waals surface area (Å²) in [5.74, 6) is -0.750. The van der Waals surface area contributed by atoms with E-state index in [1.54, 1.807) is 48.5 Å². The molecular formula is C22H16N4O5. The molecule has 3 rings (SSSR count). The maximum absolute atomic E-state index is 12.5. The Hall–Kier alpha value is -4.66. The van der Waals surface area contributed by atoms with Gasteiger partial charge in [-0.1, -0.05) is 54.6 Å². The van der Waals surface area contributed by atoms with Gasteiger partial charge in [-0.2, -0.15) is 5.10 Å². The van der Waals surface area contributed by atoms with Gasteiger partial charge in [-0.25, -0.2) is 5.43 Å². The standard InChI is InChI=1S/C22H16N4O5/c27-22(18-11-5-7-13-21(18)26(30)31)24-23-19(16-8-2-1-3-9-16)15-14-17-10-4-6-12-20(17)25(28)29/h1-15H,(H,24,27)/b15-14+,23-19-. The van der Waals surface area contributed by atoms with E-state index in [2.05, 4.69) is 10.5 Å². The van der Waals surface area contributed by atoms with E-state index in [1.807, 2.05) is 0 Å². The number of allylic oxidation sites excluding steroid dienone is 1. The van der Waals surface area contributed by atoms with Crippen LogP contribution in [-0.4, -0.2) is 21.5 Å². The third-order valence-corrected chi connectivity index (χ3v) is 4.25. The molecule has 0 spiro atoms. The lowest BCUT2D eigenvalue weighted by Gasteiger charge is -2.05. The summed E-state index contributed by atoms with van der Waals surface area (Å²) in [7, 11) is 0. The van der Waals surface area contributed by atoms with Crippen molar-refractivity contribution in [1.29, 1.82) is 0 Å². The lowest BCUT2D eigenvalue weighted by atomic mass is 10.1. The molecule has 31 heavy (non-hydrogen) atoms. The van der Waals surface area contributed by atoms with Crippen molar-refractivity contribution >= 4 is 29.1 Å². The molecule has 0 fully saturated rings. The highest BCUT2D eigenvalue weighted by Gasteiger charge is 2.19. The number of nitrogens with one attached hydrogen (secondary N) is 1. The monoisotopic (exact) mass is 416 g/mol. The molecule has 3 aromatic rings. The average Bonchev–Trinajstić information content (AvgIpc) is 2.79. The number of benzene rings is 3. The van der Waals surface area contributed by atoms with Gasteiger partial charge in [-0.05, 0) is 24.3 Å². The van der Waals surface area contributed by atoms with Crippen molar-refractivity contribution in [2.45, 2.75) is 0 Å². The second-order valence-corrected chi connectivity index (χ2v) is 6.23. The lowest BCUT2D eigenvalue weighted by molar-refractivity contribution is -0.385. The number of carbonyl (C=O) groups is 1. The highest BCUT2D eigenvalue weighted by atomic mass is 16.6. The van der Waals surface area contributed by atoms with Gasteiger partial charge in [0, 0.05) is 17.7 Å². The summed E-state index contributed by atoms with van der Waals surface area (Å²) in [5, 5.41) is 26.5. The molecule has 9 heteroatoms. The average molecular weight is 416 g/mol. The first-order valence-corrected chi connectivity index (χ1v) is 9.05. The number of hydrazone groups is 1. The summed E-state index contributed by atoms with van der Waals surface area (Å²) >= 11 is 0. The van der Waals surface area contributed by atoms with Crippen LogP contribution in [0, 0.1) is 20.2 Å². The summed E-state index contributed by atoms with van der Waals surface area (Å²) in [5.41, 5.74) is 3.09. The number of carbonyl (C=O) groups excluding carboxylic acids is 1. The van der Waals surface area contributed by atoms with Gasteiger partial charge < -0.3 is 0 Å². The van der Waals surface area contributed by atoms with Gasteiger partial charge in [0.2, 0.25) is 0 Å². The smallest absolute Gasteiger partial charge is 0.267 e. The molecule has 0 unspecified atom stereocenters. The zero-order valence-corrected chi connectivity index (χ0v) is 16.0. The highest BCUT2D eigenvalue weighted by molar-refractivity contribution is 6.11. The Bertz CT molecular complexity index is 1190. The molecule has 0 heterocycles. The van der Waals surface area contributed by atoms with E-state index in [1.165, 1.54) is 42.5 Å². The van der Waals surface area contributed by atoms with E-state index in [9.17, 15) is 25.0 Å². The summed E-state index contributed by atoms with van der Waals surface area (Å²) in [4.78, 5) is 33.7. The van der Waals surface area contributed by atoms with Crippen LogP contribution >= 0.6 is 0 Å². The Morgan fingerprint density at radius 2 is 1.39 bits per heavy atom. The predicted molar refractivity (Wildman–Crippen MR) is 116 cm³/mol. The van der Waals surface area contributed by atoms with Crippen molar-refractivity contribution in [3.63, 3.8) is 0 Å². The number of nitrogens with zero attached hydrogens (tertiary/aromatic N) is 3. The van der Waals surface area contributed by atoms with Gasteiger partial charge in [0.25, 0.3) is 17.3 Å². The number of nitro benzene ring substituents is 2. The van der Waals surface area contributed by atoms with Crippen LogP contribution in [0.15, 0.2) is 90.0 Å². The molecule has 0 aromatic heterocycles. The van der Waals surface area contributed by atoms with Crippen molar-refractivity contribution in [2.24, 2.45) is 5.10 Å². The molecule has 154 valence electrons. The number of rotatable bonds is 7. The van der Waals surface area contributed by atoms with E-state index in [0.717, 1.165) is 0 Å². The summed E-state index contributed by atoms with van der Waals surface area (Å²) in [6, 6.07) is 20.6. The molecule has 9 nitrogen and oxygen atoms in total. The Morgan fingerprint density at radius 3 is 2.06 bits per heavy atom. The van der Waals surface area contributed by atoms with Gasteiger partial charge in [-0.3, -0.25) is 25.0 Å². The molecule has 1 N–H and O–H groups in total. The van der Waals surface area contributed by atoms with E-state index in [0.29, 0.717) is 16.8 Å². The minimum absolute atomic E-state index is 0.0740. The summed E-state index contributed by atoms with van der Waals surface area (Å²) < 4.78 is 0. The number of amides is 1. The third kappa shape index (κ3) is 5.24. The SMILES string of the molecule is O=C(N/N=C(/C=C/c1ccccc1[N+](=O)[O-])c1ccccc1)c1ccccc1[N+](=O)[O-]. The van der Waals surface area contributed by atoms with Gasteiger partial charge in [0.05, 0.1) is 21.1 Å². The second-order valence-electron chi connectivity index (χ2n) is 6.23. The fourth-order valence-electron chi connectivity index (χ4n) is 2.77. The molecule has 0 saturated carbocycles. The molecule has 0 radical (unpaired) electrons. The van der Waals surface area contributed by atoms with Crippen molar-refractivity contribution in [3.05, 3.63) is 122 Å². The Morgan fingerprint density at radius 1 is 0.806 bits per heavy atom. The van der Waals surface area contributed by atoms with Gasteiger partial charge in [0.15, 0.2) is 0 Å². The number of para-hydroxylation sites is 2. The van der Waals surface area contributed by atoms with Crippen molar-refractivity contribution in [1.82, 2.24) is 5.43 Å². The molecule has 0 atom stereocenters. The quantitative estimate of drug-likeness (QED) is 0.348. The minimum atomic E-state index is -0.750. The highest BCUT2D eigenvalue weighted by Crippen LogP contribution is 2.20. The Labute approximate surface area is 176 Å². The van der Waals surface area contributed by atoms with Gasteiger partial charge in [-0.15, -0.1) is 0 Å². The largest absolute Gasteiger partial charge is 0.282 e. The molecule has 0 bridgehead atoms. The summed E-state index contributed by atoms with van der Waals surface area (Å²) in [6.07, 6.45) is 3.04. The van der Waals surface area contributed by atoms with E-state index >= 15 is 0 Å². The van der Waals surface area contributed by atoms with Crippen LogP contribution in [-0.2, 0) is 0 Å². The first-order chi connectivity index (χ1) is 15.0. The van der Waals surface area contributed by atoms with Crippen molar-refractivity contribution in [3.8, 4) is 0 Å². The predicted octanol–water partition coefficient (Wildman–Crippen LogP) is 4.35. The van der Waals surface area contributed by atoms with E-state index in [-0.39, 0.29) is 16.9 Å². The first-order valence-electron chi connectivity index (χ1n) is 9.05. The van der Waals surface area contributed by atoms with Crippen LogP contribution in [0.2, 0.25) is 0 Å². The van der Waals surface area contributed by atoms with Gasteiger partial charge >= 0.3 is 0 Å². The topological polar surface area (TPSA) is 128 Å². The van der Waals surface area contributed by atoms with Crippen molar-refractivity contribution in [2.75, 3.05) is 0 Å². The second kappa shape index (κ2) is 9.70. The van der Waals surface area contributed by atoms with Crippen LogP contribution in [0.4, 0.5) is 11.4 Å². The number of hydrogen-bond donors (Lipinski definition) is 1. The van der Waals surface area contributed by atoms with Crippen LogP contribution in [0.5, 0.6) is 0 Å². The van der Waals surface area contributed by atoms with Gasteiger partial charge in [0.1, 0.15) is 5.56 Å². The maximum Gasteiger partial charge on any atom is 0.282 e. The molecular weight excluding hydrogens is 400 g/mol. The Kier molecular flexibility index (Phi) is 6.59. The number of hydrogen-bond acceptors (Lipinski definition) is 6. The van der Waals surface area contributed by atoms with Crippen molar-refractivity contribution < 1.29 is 14.6 Å². The molecule has 1 amide bonds. The Balaban J connectivity index is 1.94. The third-order valence-electron chi connectivity index (χ3n) is 4.25.